The predicted molar refractivity (Wildman–Crippen MR) is 98.7 cm³/mol. The molecule has 0 bridgehead atoms. The number of carbonyl (C=O) groups excluding carboxylic acids is 1. The lowest BCUT2D eigenvalue weighted by atomic mass is 9.98. The second-order valence-corrected chi connectivity index (χ2v) is 6.62. The van der Waals surface area contributed by atoms with Crippen LogP contribution in [0.25, 0.3) is 11.1 Å². The normalized spacial score (nSPS) is 19.8. The summed E-state index contributed by atoms with van der Waals surface area (Å²) in [5.41, 5.74) is 2.76. The highest BCUT2D eigenvalue weighted by atomic mass is 19.1. The van der Waals surface area contributed by atoms with Crippen LogP contribution in [0.5, 0.6) is 0 Å². The first-order valence-corrected chi connectivity index (χ1v) is 9.01. The molecule has 3 nitrogen and oxygen atoms in total. The second-order valence-electron chi connectivity index (χ2n) is 6.62. The first kappa shape index (κ1) is 17.6. The third kappa shape index (κ3) is 4.26. The predicted octanol–water partition coefficient (Wildman–Crippen LogP) is 4.15. The summed E-state index contributed by atoms with van der Waals surface area (Å²) in [5.74, 6) is -0.189. The third-order valence-corrected chi connectivity index (χ3v) is 5.03. The number of nitrogens with one attached hydrogen (secondary N) is 1. The van der Waals surface area contributed by atoms with E-state index in [2.05, 4.69) is 17.4 Å². The highest BCUT2D eigenvalue weighted by Gasteiger charge is 2.25. The molecule has 1 amide bonds. The molecule has 1 aliphatic heterocycles. The fraction of sp³-hybridized carbons (Fsp3) is 0.381. The van der Waals surface area contributed by atoms with E-state index in [0.29, 0.717) is 17.6 Å². The van der Waals surface area contributed by atoms with Crippen molar-refractivity contribution < 1.29 is 9.18 Å². The van der Waals surface area contributed by atoms with Gasteiger partial charge in [-0.15, -0.1) is 0 Å². The van der Waals surface area contributed by atoms with Crippen LogP contribution in [0.15, 0.2) is 48.5 Å². The molecular weight excluding hydrogens is 315 g/mol. The smallest absolute Gasteiger partial charge is 0.209 e. The van der Waals surface area contributed by atoms with Crippen LogP contribution in [0.4, 0.5) is 4.39 Å². The standard InChI is InChI=1S/C21H25FN2O/c1-2-24(15-25)13-12-18-10-11-21(23-18)17-7-5-6-16(14-17)19-8-3-4-9-20(19)22/h3-9,14-15,18,21,23H,2,10-13H2,1H3. The van der Waals surface area contributed by atoms with E-state index in [-0.39, 0.29) is 5.82 Å². The molecule has 0 radical (unpaired) electrons. The van der Waals surface area contributed by atoms with Gasteiger partial charge in [0.25, 0.3) is 0 Å². The molecule has 2 atom stereocenters. The molecule has 0 spiro atoms. The highest BCUT2D eigenvalue weighted by Crippen LogP contribution is 2.31. The number of halogens is 1. The summed E-state index contributed by atoms with van der Waals surface area (Å²) in [6.07, 6.45) is 4.06. The minimum absolute atomic E-state index is 0.189. The average Bonchev–Trinajstić information content (AvgIpc) is 3.12. The Morgan fingerprint density at radius 2 is 2.04 bits per heavy atom. The SMILES string of the molecule is CCN(C=O)CCC1CCC(c2cccc(-c3ccccc3F)c2)N1. The summed E-state index contributed by atoms with van der Waals surface area (Å²) in [5, 5.41) is 3.67. The van der Waals surface area contributed by atoms with Gasteiger partial charge < -0.3 is 10.2 Å². The molecule has 1 heterocycles. The summed E-state index contributed by atoms with van der Waals surface area (Å²) in [4.78, 5) is 12.7. The monoisotopic (exact) mass is 340 g/mol. The van der Waals surface area contributed by atoms with Gasteiger partial charge in [0.2, 0.25) is 6.41 Å². The van der Waals surface area contributed by atoms with E-state index in [1.54, 1.807) is 11.0 Å². The Hall–Kier alpha value is -2.20. The zero-order valence-corrected chi connectivity index (χ0v) is 14.6. The van der Waals surface area contributed by atoms with Crippen LogP contribution >= 0.6 is 0 Å². The molecule has 1 saturated heterocycles. The highest BCUT2D eigenvalue weighted by molar-refractivity contribution is 5.65. The molecule has 0 saturated carbocycles. The summed E-state index contributed by atoms with van der Waals surface area (Å²) in [6.45, 7) is 3.54. The van der Waals surface area contributed by atoms with Gasteiger partial charge in [0.15, 0.2) is 0 Å². The third-order valence-electron chi connectivity index (χ3n) is 5.03. The fourth-order valence-electron chi connectivity index (χ4n) is 3.53. The number of hydrogen-bond donors (Lipinski definition) is 1. The molecule has 2 aromatic rings. The number of amides is 1. The largest absolute Gasteiger partial charge is 0.345 e. The molecule has 1 aliphatic rings. The van der Waals surface area contributed by atoms with Crippen LogP contribution in [0, 0.1) is 5.82 Å². The van der Waals surface area contributed by atoms with Gasteiger partial charge in [0.05, 0.1) is 0 Å². The maximum Gasteiger partial charge on any atom is 0.209 e. The van der Waals surface area contributed by atoms with Gasteiger partial charge in [0.1, 0.15) is 5.82 Å². The van der Waals surface area contributed by atoms with Crippen LogP contribution in [0.2, 0.25) is 0 Å². The van der Waals surface area contributed by atoms with Gasteiger partial charge in [-0.2, -0.15) is 0 Å². The van der Waals surface area contributed by atoms with E-state index in [0.717, 1.165) is 44.3 Å². The van der Waals surface area contributed by atoms with Gasteiger partial charge in [-0.1, -0.05) is 36.4 Å². The molecular formula is C21H25FN2O. The molecule has 2 aromatic carbocycles. The van der Waals surface area contributed by atoms with Gasteiger partial charge in [-0.25, -0.2) is 4.39 Å². The van der Waals surface area contributed by atoms with E-state index >= 15 is 0 Å². The van der Waals surface area contributed by atoms with Gasteiger partial charge in [0, 0.05) is 30.7 Å². The second kappa shape index (κ2) is 8.26. The Kier molecular flexibility index (Phi) is 5.82. The Balaban J connectivity index is 1.66. The molecule has 1 fully saturated rings. The Labute approximate surface area is 148 Å². The van der Waals surface area contributed by atoms with Crippen LogP contribution in [0.3, 0.4) is 0 Å². The van der Waals surface area contributed by atoms with Crippen LogP contribution in [-0.2, 0) is 4.79 Å². The zero-order chi connectivity index (χ0) is 17.6. The maximum atomic E-state index is 14.0. The van der Waals surface area contributed by atoms with E-state index < -0.39 is 0 Å². The van der Waals surface area contributed by atoms with E-state index in [9.17, 15) is 9.18 Å². The van der Waals surface area contributed by atoms with Gasteiger partial charge in [-0.05, 0) is 49.4 Å². The summed E-state index contributed by atoms with van der Waals surface area (Å²) < 4.78 is 14.0. The van der Waals surface area contributed by atoms with Crippen molar-refractivity contribution in [2.24, 2.45) is 0 Å². The molecule has 132 valence electrons. The van der Waals surface area contributed by atoms with E-state index in [1.807, 2.05) is 31.2 Å². The van der Waals surface area contributed by atoms with Crippen molar-refractivity contribution >= 4 is 6.41 Å². The number of carbonyl (C=O) groups is 1. The molecule has 0 aliphatic carbocycles. The van der Waals surface area contributed by atoms with Crippen LogP contribution in [-0.4, -0.2) is 30.4 Å². The minimum atomic E-state index is -0.189. The maximum absolute atomic E-state index is 14.0. The van der Waals surface area contributed by atoms with Gasteiger partial charge >= 0.3 is 0 Å². The van der Waals surface area contributed by atoms with E-state index in [1.165, 1.54) is 11.6 Å². The van der Waals surface area contributed by atoms with Crippen molar-refractivity contribution in [2.75, 3.05) is 13.1 Å². The summed E-state index contributed by atoms with van der Waals surface area (Å²) >= 11 is 0. The summed E-state index contributed by atoms with van der Waals surface area (Å²) in [6, 6.07) is 15.8. The number of benzene rings is 2. The first-order valence-electron chi connectivity index (χ1n) is 9.01. The molecule has 1 N–H and O–H groups in total. The molecule has 4 heteroatoms. The lowest BCUT2D eigenvalue weighted by molar-refractivity contribution is -0.118. The number of rotatable bonds is 7. The lowest BCUT2D eigenvalue weighted by Gasteiger charge is -2.19. The zero-order valence-electron chi connectivity index (χ0n) is 14.6. The number of nitrogens with zero attached hydrogens (tertiary/aromatic N) is 1. The molecule has 3 rings (SSSR count). The van der Waals surface area contributed by atoms with Crippen molar-refractivity contribution in [2.45, 2.75) is 38.3 Å². The first-order chi connectivity index (χ1) is 12.2. The number of hydrogen-bond acceptors (Lipinski definition) is 2. The molecule has 0 aromatic heterocycles. The topological polar surface area (TPSA) is 32.3 Å². The lowest BCUT2D eigenvalue weighted by Crippen LogP contribution is -2.30. The van der Waals surface area contributed by atoms with Crippen LogP contribution in [0.1, 0.15) is 37.8 Å². The minimum Gasteiger partial charge on any atom is -0.345 e. The van der Waals surface area contributed by atoms with Crippen molar-refractivity contribution in [3.8, 4) is 11.1 Å². The van der Waals surface area contributed by atoms with Crippen LogP contribution < -0.4 is 5.32 Å². The van der Waals surface area contributed by atoms with Crippen molar-refractivity contribution in [1.29, 1.82) is 0 Å². The summed E-state index contributed by atoms with van der Waals surface area (Å²) in [7, 11) is 0. The van der Waals surface area contributed by atoms with E-state index in [4.69, 9.17) is 0 Å². The fourth-order valence-corrected chi connectivity index (χ4v) is 3.53. The molecule has 25 heavy (non-hydrogen) atoms. The Morgan fingerprint density at radius 1 is 1.20 bits per heavy atom. The van der Waals surface area contributed by atoms with Gasteiger partial charge in [-0.3, -0.25) is 4.79 Å². The molecule has 2 unspecified atom stereocenters. The van der Waals surface area contributed by atoms with Crippen molar-refractivity contribution in [1.82, 2.24) is 10.2 Å². The quantitative estimate of drug-likeness (QED) is 0.768. The Morgan fingerprint density at radius 3 is 2.80 bits per heavy atom. The van der Waals surface area contributed by atoms with Crippen molar-refractivity contribution in [3.63, 3.8) is 0 Å². The van der Waals surface area contributed by atoms with Crippen molar-refractivity contribution in [3.05, 3.63) is 59.9 Å². The average molecular weight is 340 g/mol. The Bertz CT molecular complexity index is 719.